The summed E-state index contributed by atoms with van der Waals surface area (Å²) in [6.45, 7) is 3.44. The number of nitrogens with zero attached hydrogens (tertiary/aromatic N) is 3. The van der Waals surface area contributed by atoms with Gasteiger partial charge in [-0.1, -0.05) is 37.4 Å². The predicted octanol–water partition coefficient (Wildman–Crippen LogP) is 3.27. The second-order valence-corrected chi connectivity index (χ2v) is 8.49. The summed E-state index contributed by atoms with van der Waals surface area (Å²) < 4.78 is 1.57. The number of aromatic nitrogens is 2. The summed E-state index contributed by atoms with van der Waals surface area (Å²) in [6.07, 6.45) is 3.41. The van der Waals surface area contributed by atoms with Crippen LogP contribution in [0.1, 0.15) is 38.3 Å². The summed E-state index contributed by atoms with van der Waals surface area (Å²) >= 11 is 6.07. The molecule has 30 heavy (non-hydrogen) atoms. The summed E-state index contributed by atoms with van der Waals surface area (Å²) in [4.78, 5) is 39.3. The SMILES string of the molecule is Cc1cc(NC(=O)CN2C(=O)NC3(CCCCC3C)C2=O)n(-c2cccc(Cl)c2)n1. The van der Waals surface area contributed by atoms with Crippen molar-refractivity contribution in [3.63, 3.8) is 0 Å². The maximum absolute atomic E-state index is 13.1. The highest BCUT2D eigenvalue weighted by molar-refractivity contribution is 6.30. The lowest BCUT2D eigenvalue weighted by Gasteiger charge is -2.36. The van der Waals surface area contributed by atoms with E-state index in [2.05, 4.69) is 15.7 Å². The van der Waals surface area contributed by atoms with Gasteiger partial charge >= 0.3 is 6.03 Å². The van der Waals surface area contributed by atoms with Gasteiger partial charge in [-0.2, -0.15) is 5.10 Å². The van der Waals surface area contributed by atoms with Crippen LogP contribution in [-0.4, -0.2) is 44.6 Å². The average molecular weight is 430 g/mol. The summed E-state index contributed by atoms with van der Waals surface area (Å²) in [7, 11) is 0. The van der Waals surface area contributed by atoms with Crippen molar-refractivity contribution in [3.05, 3.63) is 41.0 Å². The van der Waals surface area contributed by atoms with Crippen molar-refractivity contribution in [1.29, 1.82) is 0 Å². The molecule has 1 aliphatic heterocycles. The van der Waals surface area contributed by atoms with Crippen molar-refractivity contribution in [1.82, 2.24) is 20.0 Å². The van der Waals surface area contributed by atoms with Crippen LogP contribution in [0, 0.1) is 12.8 Å². The maximum Gasteiger partial charge on any atom is 0.325 e. The molecule has 4 rings (SSSR count). The van der Waals surface area contributed by atoms with Crippen molar-refractivity contribution in [3.8, 4) is 5.69 Å². The highest BCUT2D eigenvalue weighted by atomic mass is 35.5. The highest BCUT2D eigenvalue weighted by Crippen LogP contribution is 2.38. The lowest BCUT2D eigenvalue weighted by molar-refractivity contribution is -0.136. The third-order valence-electron chi connectivity index (χ3n) is 5.95. The minimum Gasteiger partial charge on any atom is -0.323 e. The van der Waals surface area contributed by atoms with E-state index in [0.717, 1.165) is 24.2 Å². The molecule has 2 unspecified atom stereocenters. The lowest BCUT2D eigenvalue weighted by Crippen LogP contribution is -2.54. The number of carbonyl (C=O) groups is 3. The highest BCUT2D eigenvalue weighted by Gasteiger charge is 2.55. The molecule has 1 saturated carbocycles. The molecular weight excluding hydrogens is 406 g/mol. The van der Waals surface area contributed by atoms with Crippen LogP contribution >= 0.6 is 11.6 Å². The van der Waals surface area contributed by atoms with Crippen LogP contribution in [0.15, 0.2) is 30.3 Å². The van der Waals surface area contributed by atoms with E-state index < -0.39 is 17.5 Å². The Morgan fingerprint density at radius 3 is 2.87 bits per heavy atom. The third-order valence-corrected chi connectivity index (χ3v) is 6.19. The first-order chi connectivity index (χ1) is 14.3. The van der Waals surface area contributed by atoms with E-state index in [0.29, 0.717) is 28.6 Å². The van der Waals surface area contributed by atoms with Crippen LogP contribution in [0.25, 0.3) is 5.69 Å². The number of urea groups is 1. The van der Waals surface area contributed by atoms with Crippen LogP contribution in [-0.2, 0) is 9.59 Å². The molecule has 1 saturated heterocycles. The number of imide groups is 1. The standard InChI is InChI=1S/C21H24ClN5O3/c1-13-6-3-4-9-21(13)19(29)26(20(30)24-21)12-18(28)23-17-10-14(2)25-27(17)16-8-5-7-15(22)11-16/h5,7-8,10-11,13H,3-4,6,9,12H2,1-2H3,(H,23,28)(H,24,30). The summed E-state index contributed by atoms with van der Waals surface area (Å²) in [5, 5.41) is 10.6. The van der Waals surface area contributed by atoms with Gasteiger partial charge in [0.2, 0.25) is 5.91 Å². The summed E-state index contributed by atoms with van der Waals surface area (Å²) in [6, 6.07) is 8.30. The number of nitrogens with one attached hydrogen (secondary N) is 2. The molecule has 0 bridgehead atoms. The first-order valence-corrected chi connectivity index (χ1v) is 10.4. The molecule has 158 valence electrons. The number of benzene rings is 1. The van der Waals surface area contributed by atoms with E-state index >= 15 is 0 Å². The molecular formula is C21H24ClN5O3. The number of anilines is 1. The fourth-order valence-corrected chi connectivity index (χ4v) is 4.54. The molecule has 1 aromatic heterocycles. The molecule has 2 N–H and O–H groups in total. The third kappa shape index (κ3) is 3.56. The van der Waals surface area contributed by atoms with E-state index in [1.807, 2.05) is 19.9 Å². The fraction of sp³-hybridized carbons (Fsp3) is 0.429. The molecule has 2 aromatic rings. The second-order valence-electron chi connectivity index (χ2n) is 8.05. The Morgan fingerprint density at radius 1 is 1.33 bits per heavy atom. The van der Waals surface area contributed by atoms with Gasteiger partial charge in [-0.15, -0.1) is 0 Å². The molecule has 2 heterocycles. The van der Waals surface area contributed by atoms with Gasteiger partial charge in [-0.25, -0.2) is 9.48 Å². The molecule has 1 aromatic carbocycles. The minimum atomic E-state index is -0.880. The number of carbonyl (C=O) groups excluding carboxylic acids is 3. The Hall–Kier alpha value is -2.87. The molecule has 4 amide bonds. The fourth-order valence-electron chi connectivity index (χ4n) is 4.36. The second kappa shape index (κ2) is 7.75. The van der Waals surface area contributed by atoms with E-state index in [4.69, 9.17) is 11.6 Å². The number of hydrogen-bond acceptors (Lipinski definition) is 4. The summed E-state index contributed by atoms with van der Waals surface area (Å²) in [5.74, 6) is -0.299. The van der Waals surface area contributed by atoms with Crippen LogP contribution in [0.5, 0.6) is 0 Å². The average Bonchev–Trinajstić information content (AvgIpc) is 3.17. The molecule has 2 atom stereocenters. The van der Waals surface area contributed by atoms with Gasteiger partial charge in [0.25, 0.3) is 5.91 Å². The normalized spacial score (nSPS) is 23.7. The summed E-state index contributed by atoms with van der Waals surface area (Å²) in [5.41, 5.74) is 0.514. The quantitative estimate of drug-likeness (QED) is 0.729. The van der Waals surface area contributed by atoms with E-state index in [1.165, 1.54) is 0 Å². The Kier molecular flexibility index (Phi) is 5.27. The topological polar surface area (TPSA) is 96.3 Å². The predicted molar refractivity (Wildman–Crippen MR) is 113 cm³/mol. The number of halogens is 1. The first-order valence-electron chi connectivity index (χ1n) is 10.1. The van der Waals surface area contributed by atoms with E-state index in [-0.39, 0.29) is 18.4 Å². The van der Waals surface area contributed by atoms with Crippen molar-refractivity contribution >= 4 is 35.3 Å². The van der Waals surface area contributed by atoms with Crippen molar-refractivity contribution in [2.75, 3.05) is 11.9 Å². The molecule has 1 aliphatic carbocycles. The monoisotopic (exact) mass is 429 g/mol. The van der Waals surface area contributed by atoms with Gasteiger partial charge in [-0.3, -0.25) is 14.5 Å². The smallest absolute Gasteiger partial charge is 0.323 e. The van der Waals surface area contributed by atoms with Gasteiger partial charge < -0.3 is 10.6 Å². The zero-order chi connectivity index (χ0) is 21.5. The molecule has 9 heteroatoms. The Morgan fingerprint density at radius 2 is 2.13 bits per heavy atom. The van der Waals surface area contributed by atoms with Crippen LogP contribution in [0.3, 0.4) is 0 Å². The first kappa shape index (κ1) is 20.4. The number of amides is 4. The minimum absolute atomic E-state index is 0.0441. The van der Waals surface area contributed by atoms with E-state index in [9.17, 15) is 14.4 Å². The number of rotatable bonds is 4. The largest absolute Gasteiger partial charge is 0.325 e. The molecule has 1 spiro atoms. The zero-order valence-corrected chi connectivity index (χ0v) is 17.7. The Bertz CT molecular complexity index is 1020. The number of hydrogen-bond donors (Lipinski definition) is 2. The van der Waals surface area contributed by atoms with Gasteiger partial charge in [0, 0.05) is 11.1 Å². The van der Waals surface area contributed by atoms with E-state index in [1.54, 1.807) is 28.9 Å². The van der Waals surface area contributed by atoms with Crippen LogP contribution in [0.4, 0.5) is 10.6 Å². The molecule has 8 nitrogen and oxygen atoms in total. The zero-order valence-electron chi connectivity index (χ0n) is 16.9. The van der Waals surface area contributed by atoms with Crippen LogP contribution < -0.4 is 10.6 Å². The van der Waals surface area contributed by atoms with Crippen molar-refractivity contribution in [2.24, 2.45) is 5.92 Å². The molecule has 2 aliphatic rings. The van der Waals surface area contributed by atoms with Gasteiger partial charge in [-0.05, 0) is 43.9 Å². The van der Waals surface area contributed by atoms with Gasteiger partial charge in [0.15, 0.2) is 0 Å². The lowest BCUT2D eigenvalue weighted by atomic mass is 9.73. The maximum atomic E-state index is 13.1. The van der Waals surface area contributed by atoms with Crippen molar-refractivity contribution < 1.29 is 14.4 Å². The Labute approximate surface area is 179 Å². The van der Waals surface area contributed by atoms with Gasteiger partial charge in [0.1, 0.15) is 17.9 Å². The Balaban J connectivity index is 1.51. The molecule has 2 fully saturated rings. The van der Waals surface area contributed by atoms with Crippen LogP contribution in [0.2, 0.25) is 5.02 Å². The molecule has 0 radical (unpaired) electrons. The van der Waals surface area contributed by atoms with Crippen molar-refractivity contribution in [2.45, 2.75) is 45.1 Å². The number of aryl methyl sites for hydroxylation is 1. The van der Waals surface area contributed by atoms with Gasteiger partial charge in [0.05, 0.1) is 11.4 Å².